The van der Waals surface area contributed by atoms with Crippen molar-refractivity contribution in [3.63, 3.8) is 0 Å². The van der Waals surface area contributed by atoms with Crippen LogP contribution in [0.2, 0.25) is 0 Å². The van der Waals surface area contributed by atoms with E-state index in [1.165, 1.54) is 36.4 Å². The maximum atomic E-state index is 13.7. The molecule has 0 saturated heterocycles. The predicted octanol–water partition coefficient (Wildman–Crippen LogP) is 2.70. The van der Waals surface area contributed by atoms with Crippen LogP contribution in [0, 0.1) is 11.6 Å². The van der Waals surface area contributed by atoms with E-state index in [-0.39, 0.29) is 29.4 Å². The van der Waals surface area contributed by atoms with E-state index in [4.69, 9.17) is 9.47 Å². The average Bonchev–Trinajstić information content (AvgIpc) is 2.75. The van der Waals surface area contributed by atoms with Crippen LogP contribution in [0.3, 0.4) is 0 Å². The molecule has 0 aliphatic rings. The van der Waals surface area contributed by atoms with Crippen molar-refractivity contribution in [3.05, 3.63) is 82.3 Å². The molecule has 2 aromatic carbocycles. The van der Waals surface area contributed by atoms with E-state index < -0.39 is 35.7 Å². The molecule has 0 unspecified atom stereocenters. The van der Waals surface area contributed by atoms with Gasteiger partial charge < -0.3 is 14.8 Å². The van der Waals surface area contributed by atoms with E-state index in [2.05, 4.69) is 10.4 Å². The third-order valence-electron chi connectivity index (χ3n) is 3.94. The summed E-state index contributed by atoms with van der Waals surface area (Å²) in [6.07, 6.45) is 0. The number of hydrogen-bond acceptors (Lipinski definition) is 6. The number of nitrogens with zero attached hydrogens (tertiary/aromatic N) is 2. The second kappa shape index (κ2) is 9.61. The number of nitrogens with one attached hydrogen (secondary N) is 1. The lowest BCUT2D eigenvalue weighted by Crippen LogP contribution is -2.27. The summed E-state index contributed by atoms with van der Waals surface area (Å²) in [4.78, 5) is 36.9. The minimum absolute atomic E-state index is 0.0311. The van der Waals surface area contributed by atoms with Crippen molar-refractivity contribution in [2.75, 3.05) is 18.5 Å². The molecule has 3 aromatic rings. The zero-order valence-electron chi connectivity index (χ0n) is 16.3. The number of esters is 1. The molecule has 160 valence electrons. The number of carbonyl (C=O) groups is 2. The van der Waals surface area contributed by atoms with E-state index in [1.807, 2.05) is 0 Å². The van der Waals surface area contributed by atoms with Gasteiger partial charge in [-0.15, -0.1) is 0 Å². The summed E-state index contributed by atoms with van der Waals surface area (Å²) < 4.78 is 37.9. The molecule has 1 amide bonds. The van der Waals surface area contributed by atoms with Gasteiger partial charge in [-0.3, -0.25) is 9.59 Å². The molecule has 31 heavy (non-hydrogen) atoms. The lowest BCUT2D eigenvalue weighted by molar-refractivity contribution is -0.118. The standard InChI is InChI=1S/C21H17F2N3O5/c1-2-30-21(29)20-17(31-12-18(27)24-16-6-4-3-5-15(16)23)11-19(28)26(25-20)14-9-7-13(22)8-10-14/h3-11H,2,12H2,1H3,(H,24,27). The average molecular weight is 429 g/mol. The summed E-state index contributed by atoms with van der Waals surface area (Å²) >= 11 is 0. The normalized spacial score (nSPS) is 10.4. The number of hydrogen-bond donors (Lipinski definition) is 1. The monoisotopic (exact) mass is 429 g/mol. The summed E-state index contributed by atoms with van der Waals surface area (Å²) in [5, 5.41) is 6.27. The lowest BCUT2D eigenvalue weighted by Gasteiger charge is -2.13. The van der Waals surface area contributed by atoms with Crippen molar-refractivity contribution in [3.8, 4) is 11.4 Å². The molecule has 1 aromatic heterocycles. The summed E-state index contributed by atoms with van der Waals surface area (Å²) in [6, 6.07) is 11.4. The van der Waals surface area contributed by atoms with Crippen LogP contribution in [0.1, 0.15) is 17.4 Å². The van der Waals surface area contributed by atoms with Gasteiger partial charge >= 0.3 is 5.97 Å². The minimum Gasteiger partial charge on any atom is -0.481 e. The van der Waals surface area contributed by atoms with Crippen LogP contribution in [-0.2, 0) is 9.53 Å². The highest BCUT2D eigenvalue weighted by Gasteiger charge is 2.21. The Balaban J connectivity index is 1.86. The molecule has 0 fully saturated rings. The molecule has 10 heteroatoms. The van der Waals surface area contributed by atoms with E-state index >= 15 is 0 Å². The van der Waals surface area contributed by atoms with E-state index in [9.17, 15) is 23.2 Å². The van der Waals surface area contributed by atoms with Crippen LogP contribution in [0.15, 0.2) is 59.4 Å². The van der Waals surface area contributed by atoms with Crippen LogP contribution in [0.25, 0.3) is 5.69 Å². The highest BCUT2D eigenvalue weighted by atomic mass is 19.1. The van der Waals surface area contributed by atoms with Gasteiger partial charge in [0.1, 0.15) is 11.6 Å². The van der Waals surface area contributed by atoms with Crippen molar-refractivity contribution >= 4 is 17.6 Å². The zero-order valence-corrected chi connectivity index (χ0v) is 16.3. The second-order valence-corrected chi connectivity index (χ2v) is 6.12. The number of halogens is 2. The smallest absolute Gasteiger partial charge is 0.362 e. The topological polar surface area (TPSA) is 99.5 Å². The number of aromatic nitrogens is 2. The van der Waals surface area contributed by atoms with E-state index in [1.54, 1.807) is 6.92 Å². The van der Waals surface area contributed by atoms with Crippen LogP contribution < -0.4 is 15.6 Å². The molecule has 1 N–H and O–H groups in total. The quantitative estimate of drug-likeness (QED) is 0.580. The largest absolute Gasteiger partial charge is 0.481 e. The Bertz CT molecular complexity index is 1160. The first-order valence-corrected chi connectivity index (χ1v) is 9.13. The van der Waals surface area contributed by atoms with Gasteiger partial charge in [-0.2, -0.15) is 9.78 Å². The molecular formula is C21H17F2N3O5. The van der Waals surface area contributed by atoms with Gasteiger partial charge in [-0.1, -0.05) is 12.1 Å². The third-order valence-corrected chi connectivity index (χ3v) is 3.94. The van der Waals surface area contributed by atoms with Gasteiger partial charge in [0.2, 0.25) is 5.69 Å². The maximum absolute atomic E-state index is 13.7. The maximum Gasteiger partial charge on any atom is 0.362 e. The van der Waals surface area contributed by atoms with Gasteiger partial charge in [0.25, 0.3) is 11.5 Å². The molecule has 0 radical (unpaired) electrons. The third kappa shape index (κ3) is 5.30. The lowest BCUT2D eigenvalue weighted by atomic mass is 10.3. The molecule has 0 aliphatic heterocycles. The van der Waals surface area contributed by atoms with Gasteiger partial charge in [0, 0.05) is 0 Å². The Morgan fingerprint density at radius 3 is 2.48 bits per heavy atom. The summed E-state index contributed by atoms with van der Waals surface area (Å²) in [5.74, 6) is -3.04. The molecule has 0 spiro atoms. The first-order valence-electron chi connectivity index (χ1n) is 9.13. The number of carbonyl (C=O) groups excluding carboxylic acids is 2. The molecule has 1 heterocycles. The number of anilines is 1. The molecule has 3 rings (SSSR count). The molecule has 8 nitrogen and oxygen atoms in total. The Morgan fingerprint density at radius 1 is 1.10 bits per heavy atom. The van der Waals surface area contributed by atoms with Crippen LogP contribution in [0.4, 0.5) is 14.5 Å². The first kappa shape index (κ1) is 21.6. The van der Waals surface area contributed by atoms with Gasteiger partial charge in [-0.25, -0.2) is 13.6 Å². The fraction of sp³-hybridized carbons (Fsp3) is 0.143. The van der Waals surface area contributed by atoms with Crippen molar-refractivity contribution in [1.29, 1.82) is 0 Å². The number of ether oxygens (including phenoxy) is 2. The fourth-order valence-electron chi connectivity index (χ4n) is 2.55. The Labute approximate surface area is 175 Å². The molecular weight excluding hydrogens is 412 g/mol. The Hall–Kier alpha value is -4.08. The number of para-hydroxylation sites is 1. The molecule has 0 atom stereocenters. The van der Waals surface area contributed by atoms with Gasteiger partial charge in [0.05, 0.1) is 24.0 Å². The van der Waals surface area contributed by atoms with Crippen LogP contribution in [-0.4, -0.2) is 34.9 Å². The minimum atomic E-state index is -0.886. The zero-order chi connectivity index (χ0) is 22.4. The molecule has 0 bridgehead atoms. The number of amides is 1. The van der Waals surface area contributed by atoms with Crippen LogP contribution >= 0.6 is 0 Å². The predicted molar refractivity (Wildman–Crippen MR) is 106 cm³/mol. The van der Waals surface area contributed by atoms with Crippen molar-refractivity contribution < 1.29 is 27.8 Å². The second-order valence-electron chi connectivity index (χ2n) is 6.12. The first-order chi connectivity index (χ1) is 14.9. The highest BCUT2D eigenvalue weighted by Crippen LogP contribution is 2.17. The van der Waals surface area contributed by atoms with Crippen molar-refractivity contribution in [2.45, 2.75) is 6.92 Å². The van der Waals surface area contributed by atoms with E-state index in [0.29, 0.717) is 0 Å². The number of benzene rings is 2. The number of rotatable bonds is 7. The Morgan fingerprint density at radius 2 is 1.81 bits per heavy atom. The molecule has 0 aliphatic carbocycles. The summed E-state index contributed by atoms with van der Waals surface area (Å²) in [6.45, 7) is 0.988. The van der Waals surface area contributed by atoms with Gasteiger partial charge in [-0.05, 0) is 43.3 Å². The Kier molecular flexibility index (Phi) is 6.71. The van der Waals surface area contributed by atoms with Gasteiger partial charge in [0.15, 0.2) is 12.4 Å². The SMILES string of the molecule is CCOC(=O)c1nn(-c2ccc(F)cc2)c(=O)cc1OCC(=O)Nc1ccccc1F. The summed E-state index contributed by atoms with van der Waals surface area (Å²) in [5.41, 5.74) is -0.888. The molecule has 0 saturated carbocycles. The van der Waals surface area contributed by atoms with Crippen molar-refractivity contribution in [1.82, 2.24) is 9.78 Å². The van der Waals surface area contributed by atoms with Crippen molar-refractivity contribution in [2.24, 2.45) is 0 Å². The highest BCUT2D eigenvalue weighted by molar-refractivity contribution is 5.93. The summed E-state index contributed by atoms with van der Waals surface area (Å²) in [7, 11) is 0. The fourth-order valence-corrected chi connectivity index (χ4v) is 2.55. The van der Waals surface area contributed by atoms with Crippen LogP contribution in [0.5, 0.6) is 5.75 Å². The van der Waals surface area contributed by atoms with E-state index in [0.717, 1.165) is 22.9 Å².